The first-order chi connectivity index (χ1) is 12.1. The van der Waals surface area contributed by atoms with Gasteiger partial charge in [0.05, 0.1) is 16.0 Å². The largest absolute Gasteiger partial charge is 0.326 e. The lowest BCUT2D eigenvalue weighted by Crippen LogP contribution is -2.19. The molecule has 4 rings (SSSR count). The molecule has 0 aliphatic carbocycles. The number of thioether (sulfide) groups is 1. The van der Waals surface area contributed by atoms with E-state index in [1.54, 1.807) is 23.1 Å². The zero-order valence-corrected chi connectivity index (χ0v) is 15.4. The molecule has 0 spiro atoms. The Balaban J connectivity index is 1.59. The van der Waals surface area contributed by atoms with Crippen LogP contribution in [0.5, 0.6) is 0 Å². The van der Waals surface area contributed by atoms with Crippen molar-refractivity contribution in [2.75, 3.05) is 11.1 Å². The fraction of sp³-hybridized carbons (Fsp3) is 0.278. The Morgan fingerprint density at radius 2 is 2.28 bits per heavy atom. The van der Waals surface area contributed by atoms with Crippen LogP contribution in [0.4, 0.5) is 5.69 Å². The first-order valence-corrected chi connectivity index (χ1v) is 9.94. The molecule has 128 valence electrons. The maximum Gasteiger partial charge on any atom is 0.259 e. The van der Waals surface area contributed by atoms with E-state index in [9.17, 15) is 9.59 Å². The van der Waals surface area contributed by atoms with Crippen molar-refractivity contribution in [3.63, 3.8) is 0 Å². The summed E-state index contributed by atoms with van der Waals surface area (Å²) < 4.78 is 1.20. The maximum atomic E-state index is 12.5. The average molecular weight is 371 g/mol. The fourth-order valence-corrected chi connectivity index (χ4v) is 5.56. The molecule has 3 heterocycles. The maximum absolute atomic E-state index is 12.5. The van der Waals surface area contributed by atoms with Gasteiger partial charge < -0.3 is 10.3 Å². The van der Waals surface area contributed by atoms with Crippen LogP contribution < -0.4 is 10.9 Å². The SMILES string of the molecule is Cc1cccc(NC(=O)Cc2nc3sc4c(c3c(=O)[nH]2)CCCS4)c1. The van der Waals surface area contributed by atoms with Gasteiger partial charge in [0.1, 0.15) is 10.7 Å². The van der Waals surface area contributed by atoms with Crippen molar-refractivity contribution < 1.29 is 4.79 Å². The standard InChI is InChI=1S/C18H17N3O2S2/c1-10-4-2-5-11(8-10)19-14(22)9-13-20-16(23)15-12-6-3-7-24-18(12)25-17(15)21-13/h2,4-5,8H,3,6-7,9H2,1H3,(H,19,22)(H,20,21,23). The minimum Gasteiger partial charge on any atom is -0.326 e. The van der Waals surface area contributed by atoms with Crippen molar-refractivity contribution in [3.05, 3.63) is 51.6 Å². The number of benzene rings is 1. The molecule has 1 aliphatic heterocycles. The fourth-order valence-electron chi connectivity index (χ4n) is 3.01. The Morgan fingerprint density at radius 3 is 3.12 bits per heavy atom. The highest BCUT2D eigenvalue weighted by atomic mass is 32.2. The number of H-pyrrole nitrogens is 1. The number of nitrogens with zero attached hydrogens (tertiary/aromatic N) is 1. The van der Waals surface area contributed by atoms with Gasteiger partial charge in [-0.05, 0) is 48.8 Å². The molecule has 5 nitrogen and oxygen atoms in total. The summed E-state index contributed by atoms with van der Waals surface area (Å²) in [4.78, 5) is 32.8. The first-order valence-electron chi connectivity index (χ1n) is 8.14. The van der Waals surface area contributed by atoms with Crippen LogP contribution in [0.1, 0.15) is 23.4 Å². The molecule has 0 atom stereocenters. The zero-order chi connectivity index (χ0) is 17.4. The van der Waals surface area contributed by atoms with Crippen molar-refractivity contribution in [2.45, 2.75) is 30.4 Å². The summed E-state index contributed by atoms with van der Waals surface area (Å²) in [6.07, 6.45) is 2.07. The van der Waals surface area contributed by atoms with Crippen LogP contribution in [0.15, 0.2) is 33.3 Å². The third-order valence-electron chi connectivity index (χ3n) is 4.11. The molecule has 1 amide bonds. The third kappa shape index (κ3) is 3.34. The predicted octanol–water partition coefficient (Wildman–Crippen LogP) is 3.51. The van der Waals surface area contributed by atoms with E-state index in [0.29, 0.717) is 11.2 Å². The minimum atomic E-state index is -0.191. The van der Waals surface area contributed by atoms with Gasteiger partial charge in [0.25, 0.3) is 5.56 Å². The van der Waals surface area contributed by atoms with Crippen LogP contribution in [0, 0.1) is 6.92 Å². The van der Waals surface area contributed by atoms with E-state index in [4.69, 9.17) is 0 Å². The number of nitrogens with one attached hydrogen (secondary N) is 2. The number of anilines is 1. The molecule has 0 radical (unpaired) electrons. The van der Waals surface area contributed by atoms with Crippen LogP contribution in [0.25, 0.3) is 10.2 Å². The van der Waals surface area contributed by atoms with Gasteiger partial charge in [-0.15, -0.1) is 23.1 Å². The zero-order valence-electron chi connectivity index (χ0n) is 13.7. The molecule has 2 N–H and O–H groups in total. The molecule has 7 heteroatoms. The van der Waals surface area contributed by atoms with Gasteiger partial charge >= 0.3 is 0 Å². The summed E-state index contributed by atoms with van der Waals surface area (Å²) in [6.45, 7) is 1.97. The number of aromatic nitrogens is 2. The monoisotopic (exact) mass is 371 g/mol. The molecule has 25 heavy (non-hydrogen) atoms. The van der Waals surface area contributed by atoms with Crippen molar-refractivity contribution in [1.29, 1.82) is 0 Å². The molecular formula is C18H17N3O2S2. The van der Waals surface area contributed by atoms with Crippen molar-refractivity contribution in [2.24, 2.45) is 0 Å². The second kappa shape index (κ2) is 6.65. The highest BCUT2D eigenvalue weighted by Crippen LogP contribution is 2.39. The van der Waals surface area contributed by atoms with E-state index >= 15 is 0 Å². The number of amides is 1. The van der Waals surface area contributed by atoms with Crippen molar-refractivity contribution >= 4 is 44.9 Å². The minimum absolute atomic E-state index is 0.0504. The van der Waals surface area contributed by atoms with Gasteiger partial charge in [-0.1, -0.05) is 12.1 Å². The molecule has 0 saturated carbocycles. The van der Waals surface area contributed by atoms with E-state index in [0.717, 1.165) is 40.2 Å². The van der Waals surface area contributed by atoms with Crippen LogP contribution in [-0.4, -0.2) is 21.6 Å². The number of carbonyl (C=O) groups excluding carboxylic acids is 1. The number of hydrogen-bond donors (Lipinski definition) is 2. The van der Waals surface area contributed by atoms with Gasteiger partial charge in [0.2, 0.25) is 5.91 Å². The third-order valence-corrected chi connectivity index (χ3v) is 6.63. The summed E-state index contributed by atoms with van der Waals surface area (Å²) in [7, 11) is 0. The second-order valence-corrected chi connectivity index (χ2v) is 8.47. The van der Waals surface area contributed by atoms with Gasteiger partial charge in [-0.25, -0.2) is 4.98 Å². The highest BCUT2D eigenvalue weighted by Gasteiger charge is 2.20. The van der Waals surface area contributed by atoms with Crippen molar-refractivity contribution in [3.8, 4) is 0 Å². The number of aryl methyl sites for hydroxylation is 2. The lowest BCUT2D eigenvalue weighted by molar-refractivity contribution is -0.115. The van der Waals surface area contributed by atoms with Gasteiger partial charge in [-0.2, -0.15) is 0 Å². The van der Waals surface area contributed by atoms with E-state index in [1.807, 2.05) is 31.2 Å². The molecule has 1 aromatic carbocycles. The molecule has 0 fully saturated rings. The van der Waals surface area contributed by atoms with Gasteiger partial charge in [0.15, 0.2) is 0 Å². The molecule has 2 aromatic heterocycles. The highest BCUT2D eigenvalue weighted by molar-refractivity contribution is 8.01. The van der Waals surface area contributed by atoms with E-state index in [-0.39, 0.29) is 17.9 Å². The van der Waals surface area contributed by atoms with Crippen molar-refractivity contribution in [1.82, 2.24) is 9.97 Å². The summed E-state index contributed by atoms with van der Waals surface area (Å²) in [5.74, 6) is 1.30. The van der Waals surface area contributed by atoms with Gasteiger partial charge in [-0.3, -0.25) is 9.59 Å². The number of fused-ring (bicyclic) bond motifs is 3. The number of rotatable bonds is 3. The summed E-state index contributed by atoms with van der Waals surface area (Å²) in [5.41, 5.74) is 2.81. The topological polar surface area (TPSA) is 74.8 Å². The first kappa shape index (κ1) is 16.4. The molecular weight excluding hydrogens is 354 g/mol. The predicted molar refractivity (Wildman–Crippen MR) is 103 cm³/mol. The number of carbonyl (C=O) groups is 1. The Labute approximate surface area is 152 Å². The summed E-state index contributed by atoms with van der Waals surface area (Å²) in [5, 5.41) is 3.55. The molecule has 3 aromatic rings. The van der Waals surface area contributed by atoms with Crippen LogP contribution in [-0.2, 0) is 17.6 Å². The quantitative estimate of drug-likeness (QED) is 0.739. The van der Waals surface area contributed by atoms with E-state index in [1.165, 1.54) is 4.21 Å². The van der Waals surface area contributed by atoms with Crippen LogP contribution >= 0.6 is 23.1 Å². The van der Waals surface area contributed by atoms with E-state index in [2.05, 4.69) is 15.3 Å². The Hall–Kier alpha value is -2.12. The summed E-state index contributed by atoms with van der Waals surface area (Å²) in [6, 6.07) is 7.61. The molecule has 0 saturated heterocycles. The number of aromatic amines is 1. The number of hydrogen-bond acceptors (Lipinski definition) is 5. The number of thiophene rings is 1. The summed E-state index contributed by atoms with van der Waals surface area (Å²) >= 11 is 3.35. The Bertz CT molecular complexity index is 1020. The second-order valence-electron chi connectivity index (χ2n) is 6.11. The van der Waals surface area contributed by atoms with Crippen LogP contribution in [0.2, 0.25) is 0 Å². The van der Waals surface area contributed by atoms with Crippen LogP contribution in [0.3, 0.4) is 0 Å². The lowest BCUT2D eigenvalue weighted by atomic mass is 10.1. The van der Waals surface area contributed by atoms with E-state index < -0.39 is 0 Å². The van der Waals surface area contributed by atoms with Gasteiger partial charge in [0, 0.05) is 5.69 Å². The normalized spacial score (nSPS) is 13.6. The smallest absolute Gasteiger partial charge is 0.259 e. The molecule has 0 bridgehead atoms. The average Bonchev–Trinajstić information content (AvgIpc) is 2.93. The molecule has 1 aliphatic rings. The lowest BCUT2D eigenvalue weighted by Gasteiger charge is -2.09. The Morgan fingerprint density at radius 1 is 1.40 bits per heavy atom. The Kier molecular flexibility index (Phi) is 4.35. The molecule has 0 unspecified atom stereocenters.